The fourth-order valence-electron chi connectivity index (χ4n) is 5.84. The van der Waals surface area contributed by atoms with Crippen LogP contribution in [0.25, 0.3) is 21.5 Å². The van der Waals surface area contributed by atoms with Crippen LogP contribution in [0.4, 0.5) is 0 Å². The van der Waals surface area contributed by atoms with Gasteiger partial charge in [-0.05, 0) is 16.2 Å². The van der Waals surface area contributed by atoms with E-state index >= 15 is 0 Å². The van der Waals surface area contributed by atoms with Crippen molar-refractivity contribution in [3.05, 3.63) is 76.4 Å². The van der Waals surface area contributed by atoms with Crippen molar-refractivity contribution in [2.24, 2.45) is 16.7 Å². The molecule has 3 aliphatic rings. The van der Waals surface area contributed by atoms with Crippen LogP contribution in [0.15, 0.2) is 59.2 Å². The van der Waals surface area contributed by atoms with E-state index in [2.05, 4.69) is 132 Å². The van der Waals surface area contributed by atoms with Crippen LogP contribution < -0.4 is 24.8 Å². The van der Waals surface area contributed by atoms with Crippen molar-refractivity contribution in [3.63, 3.8) is 0 Å². The van der Waals surface area contributed by atoms with Crippen molar-refractivity contribution in [1.29, 1.82) is 0 Å². The van der Waals surface area contributed by atoms with Gasteiger partial charge in [0.2, 0.25) is 0 Å². The maximum Gasteiger partial charge on any atom is 4.00 e. The van der Waals surface area contributed by atoms with Gasteiger partial charge in [-0.3, -0.25) is 6.08 Å². The van der Waals surface area contributed by atoms with Gasteiger partial charge < -0.3 is 24.8 Å². The summed E-state index contributed by atoms with van der Waals surface area (Å²) < 4.78 is 0. The van der Waals surface area contributed by atoms with Crippen molar-refractivity contribution >= 4 is 21.5 Å². The molecule has 3 aromatic rings. The van der Waals surface area contributed by atoms with Crippen LogP contribution in [-0.4, -0.2) is 0 Å². The van der Waals surface area contributed by atoms with Crippen LogP contribution in [0.1, 0.15) is 94.2 Å². The van der Waals surface area contributed by atoms with Crippen molar-refractivity contribution in [2.75, 3.05) is 0 Å². The second-order valence-corrected chi connectivity index (χ2v) is 14.2. The van der Waals surface area contributed by atoms with Crippen LogP contribution in [0.3, 0.4) is 0 Å². The Hall–Kier alpha value is -0.747. The molecule has 3 aromatic carbocycles. The average Bonchev–Trinajstić information content (AvgIpc) is 3.31. The maximum absolute atomic E-state index is 3.58. The summed E-state index contributed by atoms with van der Waals surface area (Å²) in [5.41, 5.74) is 8.56. The summed E-state index contributed by atoms with van der Waals surface area (Å²) in [5, 5.41) is 5.49. The first kappa shape index (κ1) is 34.3. The number of rotatable bonds is 0. The van der Waals surface area contributed by atoms with Crippen LogP contribution in [0.5, 0.6) is 0 Å². The third-order valence-electron chi connectivity index (χ3n) is 7.80. The van der Waals surface area contributed by atoms with Crippen LogP contribution >= 0.6 is 0 Å². The Morgan fingerprint density at radius 3 is 1.35 bits per heavy atom. The summed E-state index contributed by atoms with van der Waals surface area (Å²) in [5.74, 6) is 0.569. The van der Waals surface area contributed by atoms with E-state index in [-0.39, 0.29) is 61.8 Å². The molecular formula is C34H44Cl2Zr. The Morgan fingerprint density at radius 2 is 1.11 bits per heavy atom. The summed E-state index contributed by atoms with van der Waals surface area (Å²) in [6, 6.07) is 16.1. The van der Waals surface area contributed by atoms with E-state index in [9.17, 15) is 0 Å². The van der Waals surface area contributed by atoms with Crippen molar-refractivity contribution < 1.29 is 51.0 Å². The Labute approximate surface area is 258 Å². The summed E-state index contributed by atoms with van der Waals surface area (Å²) in [7, 11) is 0. The fourth-order valence-corrected chi connectivity index (χ4v) is 5.84. The molecule has 0 nitrogen and oxygen atoms in total. The molecule has 0 saturated heterocycles. The van der Waals surface area contributed by atoms with Gasteiger partial charge in [0.25, 0.3) is 0 Å². The van der Waals surface area contributed by atoms with E-state index in [4.69, 9.17) is 0 Å². The Kier molecular flexibility index (Phi) is 10.2. The zero-order chi connectivity index (χ0) is 25.4. The Morgan fingerprint density at radius 1 is 0.703 bits per heavy atom. The number of hydrogen-bond donors (Lipinski definition) is 0. The smallest absolute Gasteiger partial charge is 1.00 e. The van der Waals surface area contributed by atoms with Crippen molar-refractivity contribution in [3.8, 4) is 0 Å². The van der Waals surface area contributed by atoms with Gasteiger partial charge in [0.1, 0.15) is 0 Å². The third kappa shape index (κ3) is 6.21. The number of fused-ring (bicyclic) bond motifs is 4. The molecule has 198 valence electrons. The molecule has 3 aliphatic carbocycles. The molecule has 0 radical (unpaired) electrons. The number of allylic oxidation sites excluding steroid dienone is 4. The van der Waals surface area contributed by atoms with E-state index in [0.29, 0.717) is 16.7 Å². The molecule has 6 rings (SSSR count). The predicted molar refractivity (Wildman–Crippen MR) is 151 cm³/mol. The molecule has 1 atom stereocenters. The molecule has 0 saturated carbocycles. The van der Waals surface area contributed by atoms with E-state index in [1.54, 1.807) is 11.1 Å². The van der Waals surface area contributed by atoms with Gasteiger partial charge in [0, 0.05) is 0 Å². The molecule has 0 spiro atoms. The van der Waals surface area contributed by atoms with Gasteiger partial charge in [-0.1, -0.05) is 130 Å². The molecule has 0 N–H and O–H groups in total. The van der Waals surface area contributed by atoms with Crippen LogP contribution in [-0.2, 0) is 37.0 Å². The minimum absolute atomic E-state index is 0. The topological polar surface area (TPSA) is 0 Å². The standard InChI is InChI=1S/C21H25.C13H19.2ClH.Zr/c1-20(2,3)16-9-7-14-11-15-8-10-17(21(4,5)6)13-19(15)18(14)12-16;1-8-7-9-11(12(2,3)4)10(8)13(9,5)6;;;/h7-13H,1-6H3;8H,1-6H3;2*1H;/q2*-1;;;+4/p-2. The van der Waals surface area contributed by atoms with E-state index in [0.717, 1.165) is 0 Å². The van der Waals surface area contributed by atoms with Gasteiger partial charge in [0.05, 0.1) is 0 Å². The summed E-state index contributed by atoms with van der Waals surface area (Å²) in [4.78, 5) is 0. The third-order valence-corrected chi connectivity index (χ3v) is 7.80. The van der Waals surface area contributed by atoms with Gasteiger partial charge in [-0.2, -0.15) is 11.1 Å². The van der Waals surface area contributed by atoms with Gasteiger partial charge >= 0.3 is 26.2 Å². The molecule has 1 unspecified atom stereocenters. The summed E-state index contributed by atoms with van der Waals surface area (Å²) >= 11 is 0. The fraction of sp³-hybridized carbons (Fsp3) is 0.500. The maximum atomic E-state index is 3.58. The first-order valence-electron chi connectivity index (χ1n) is 13.0. The Balaban J connectivity index is 0.000000374. The number of hydrogen-bond acceptors (Lipinski definition) is 0. The zero-order valence-electron chi connectivity index (χ0n) is 24.9. The number of halogens is 2. The molecule has 37 heavy (non-hydrogen) atoms. The quantitative estimate of drug-likeness (QED) is 0.335. The molecule has 2 bridgehead atoms. The SMILES string of the molecule is CC(C)(C)c1ccc2[cH-]c3ccc(C(C)(C)C)cc3c2c1.CC1[C-]=C2C(C(C)(C)C)=C1C2(C)C.[Cl-].[Cl-].[Zr+4]. The molecule has 0 amide bonds. The number of benzene rings is 2. The molecule has 0 aromatic heterocycles. The summed E-state index contributed by atoms with van der Waals surface area (Å²) in [6.07, 6.45) is 3.58. The largest absolute Gasteiger partial charge is 4.00 e. The second kappa shape index (κ2) is 11.0. The van der Waals surface area contributed by atoms with Crippen LogP contribution in [0, 0.1) is 22.8 Å². The monoisotopic (exact) mass is 612 g/mol. The van der Waals surface area contributed by atoms with Gasteiger partial charge in [-0.25, -0.2) is 5.57 Å². The predicted octanol–water partition coefficient (Wildman–Crippen LogP) is 4.06. The molecule has 0 fully saturated rings. The first-order chi connectivity index (χ1) is 15.4. The van der Waals surface area contributed by atoms with E-state index in [1.807, 2.05) is 0 Å². The van der Waals surface area contributed by atoms with Crippen LogP contribution in [0.2, 0.25) is 0 Å². The summed E-state index contributed by atoms with van der Waals surface area (Å²) in [6.45, 7) is 27.5. The average molecular weight is 615 g/mol. The normalized spacial score (nSPS) is 18.2. The van der Waals surface area contributed by atoms with Crippen molar-refractivity contribution in [1.82, 2.24) is 0 Å². The Bertz CT molecular complexity index is 1260. The van der Waals surface area contributed by atoms with E-state index < -0.39 is 0 Å². The second-order valence-electron chi connectivity index (χ2n) is 14.2. The molecule has 0 heterocycles. The van der Waals surface area contributed by atoms with Gasteiger partial charge in [-0.15, -0.1) is 39.7 Å². The van der Waals surface area contributed by atoms with Gasteiger partial charge in [0.15, 0.2) is 0 Å². The molecular weight excluding hydrogens is 571 g/mol. The first-order valence-corrected chi connectivity index (χ1v) is 13.0. The van der Waals surface area contributed by atoms with Crippen molar-refractivity contribution in [2.45, 2.75) is 93.9 Å². The molecule has 3 heteroatoms. The molecule has 0 aliphatic heterocycles. The zero-order valence-corrected chi connectivity index (χ0v) is 28.8. The van der Waals surface area contributed by atoms with E-state index in [1.165, 1.54) is 38.2 Å². The minimum atomic E-state index is 0. The minimum Gasteiger partial charge on any atom is -1.00 e.